The molecular formula is C30H37F3N6O4. The molecule has 0 aliphatic carbocycles. The molecule has 2 aliphatic rings. The first-order valence-corrected chi connectivity index (χ1v) is 14.5. The van der Waals surface area contributed by atoms with Gasteiger partial charge in [0.2, 0.25) is 0 Å². The van der Waals surface area contributed by atoms with Crippen LogP contribution < -0.4 is 10.1 Å². The molecule has 0 unspecified atom stereocenters. The Morgan fingerprint density at radius 1 is 1.02 bits per heavy atom. The smallest absolute Gasteiger partial charge is 0.444 e. The molecule has 0 saturated carbocycles. The lowest BCUT2D eigenvalue weighted by Gasteiger charge is -2.32. The zero-order chi connectivity index (χ0) is 30.9. The Bertz CT molecular complexity index is 1470. The third-order valence-electron chi connectivity index (χ3n) is 7.88. The van der Waals surface area contributed by atoms with Crippen LogP contribution in [0.15, 0.2) is 30.6 Å². The molecule has 4 heterocycles. The number of H-pyrrole nitrogens is 1. The van der Waals surface area contributed by atoms with E-state index in [1.165, 1.54) is 6.07 Å². The van der Waals surface area contributed by atoms with Crippen molar-refractivity contribution in [3.63, 3.8) is 0 Å². The minimum Gasteiger partial charge on any atom is -0.444 e. The first-order chi connectivity index (χ1) is 20.3. The number of nitrogens with zero attached hydrogens (tertiary/aromatic N) is 4. The van der Waals surface area contributed by atoms with Gasteiger partial charge in [-0.25, -0.2) is 14.8 Å². The van der Waals surface area contributed by atoms with Crippen LogP contribution in [0, 0.1) is 0 Å². The third-order valence-corrected chi connectivity index (χ3v) is 7.88. The number of rotatable bonds is 5. The van der Waals surface area contributed by atoms with Crippen molar-refractivity contribution in [2.24, 2.45) is 0 Å². The maximum Gasteiger partial charge on any atom is 0.573 e. The monoisotopic (exact) mass is 602 g/mol. The number of benzene rings is 1. The van der Waals surface area contributed by atoms with Crippen LogP contribution in [0.2, 0.25) is 0 Å². The first kappa shape index (κ1) is 30.6. The van der Waals surface area contributed by atoms with Crippen molar-refractivity contribution in [1.29, 1.82) is 0 Å². The third kappa shape index (κ3) is 7.56. The molecule has 0 spiro atoms. The van der Waals surface area contributed by atoms with E-state index in [4.69, 9.17) is 9.72 Å². The molecule has 10 nitrogen and oxygen atoms in total. The van der Waals surface area contributed by atoms with E-state index < -0.39 is 29.7 Å². The topological polar surface area (TPSA) is 113 Å². The first-order valence-electron chi connectivity index (χ1n) is 14.5. The van der Waals surface area contributed by atoms with Crippen molar-refractivity contribution in [2.45, 2.75) is 70.3 Å². The van der Waals surface area contributed by atoms with Crippen LogP contribution in [0.1, 0.15) is 79.9 Å². The number of hydrogen-bond donors (Lipinski definition) is 2. The Balaban J connectivity index is 1.30. The lowest BCUT2D eigenvalue weighted by molar-refractivity contribution is -0.274. The van der Waals surface area contributed by atoms with Crippen molar-refractivity contribution >= 4 is 28.9 Å². The number of carbonyl (C=O) groups is 2. The summed E-state index contributed by atoms with van der Waals surface area (Å²) in [5.74, 6) is -0.436. The summed E-state index contributed by atoms with van der Waals surface area (Å²) in [6, 6.07) is 3.26. The summed E-state index contributed by atoms with van der Waals surface area (Å²) in [7, 11) is 2.13. The van der Waals surface area contributed by atoms with Crippen molar-refractivity contribution < 1.29 is 32.2 Å². The van der Waals surface area contributed by atoms with E-state index in [0.29, 0.717) is 31.8 Å². The summed E-state index contributed by atoms with van der Waals surface area (Å²) < 4.78 is 47.9. The van der Waals surface area contributed by atoms with Crippen LogP contribution in [-0.4, -0.2) is 81.9 Å². The van der Waals surface area contributed by atoms with Crippen LogP contribution in [0.25, 0.3) is 11.2 Å². The van der Waals surface area contributed by atoms with E-state index >= 15 is 0 Å². The number of likely N-dealkylation sites (tertiary alicyclic amines) is 2. The maximum atomic E-state index is 13.6. The summed E-state index contributed by atoms with van der Waals surface area (Å²) in [6.07, 6.45) is 1.42. The number of fused-ring (bicyclic) bond motifs is 1. The molecule has 13 heteroatoms. The predicted molar refractivity (Wildman–Crippen MR) is 154 cm³/mol. The van der Waals surface area contributed by atoms with Crippen LogP contribution >= 0.6 is 0 Å². The van der Waals surface area contributed by atoms with E-state index in [1.807, 2.05) is 12.4 Å². The Morgan fingerprint density at radius 2 is 1.70 bits per heavy atom. The fourth-order valence-corrected chi connectivity index (χ4v) is 5.72. The van der Waals surface area contributed by atoms with Crippen LogP contribution in [0.3, 0.4) is 0 Å². The summed E-state index contributed by atoms with van der Waals surface area (Å²) in [5, 5.41) is 2.42. The van der Waals surface area contributed by atoms with Crippen molar-refractivity contribution in [3.8, 4) is 5.75 Å². The molecule has 0 atom stereocenters. The van der Waals surface area contributed by atoms with Gasteiger partial charge in [-0.05, 0) is 84.6 Å². The van der Waals surface area contributed by atoms with Gasteiger partial charge in [0, 0.05) is 36.8 Å². The number of aromatic nitrogens is 3. The highest BCUT2D eigenvalue weighted by atomic mass is 19.4. The second kappa shape index (κ2) is 12.0. The largest absolute Gasteiger partial charge is 0.573 e. The second-order valence-electron chi connectivity index (χ2n) is 12.3. The lowest BCUT2D eigenvalue weighted by atomic mass is 9.90. The minimum atomic E-state index is -4.93. The zero-order valence-electron chi connectivity index (χ0n) is 24.8. The highest BCUT2D eigenvalue weighted by Gasteiger charge is 2.33. The molecule has 0 radical (unpaired) electrons. The van der Waals surface area contributed by atoms with Gasteiger partial charge in [-0.2, -0.15) is 0 Å². The number of halogens is 3. The predicted octanol–water partition coefficient (Wildman–Crippen LogP) is 6.03. The Hall–Kier alpha value is -3.87. The standard InChI is InChI=1S/C30H37F3N6O4/c1-29(2,3)43-28(41)37-23-15-20(42-30(31,32)33)5-6-21(23)27(40)39-13-9-18(10-14-39)22-16-34-26-25(22)36-24(17-35-26)19-7-11-38(4)12-8-19/h5-6,15-19H,7-14H2,1-4H3,(H,34,35)(H,37,41). The van der Waals surface area contributed by atoms with Crippen molar-refractivity contribution in [1.82, 2.24) is 24.8 Å². The van der Waals surface area contributed by atoms with Gasteiger partial charge in [-0.3, -0.25) is 10.1 Å². The SMILES string of the molecule is CN1CCC(c2cnc3[nH]cc(C4CCN(C(=O)c5ccc(OC(F)(F)F)cc5NC(=O)OC(C)(C)C)CC4)c3n2)CC1. The van der Waals surface area contributed by atoms with Gasteiger partial charge in [-0.1, -0.05) is 0 Å². The summed E-state index contributed by atoms with van der Waals surface area (Å²) in [4.78, 5) is 42.9. The van der Waals surface area contributed by atoms with E-state index in [2.05, 4.69) is 32.0 Å². The molecule has 43 heavy (non-hydrogen) atoms. The van der Waals surface area contributed by atoms with Gasteiger partial charge in [0.25, 0.3) is 5.91 Å². The lowest BCUT2D eigenvalue weighted by Crippen LogP contribution is -2.38. The number of piperidine rings is 2. The highest BCUT2D eigenvalue weighted by Crippen LogP contribution is 2.35. The van der Waals surface area contributed by atoms with Gasteiger partial charge in [0.1, 0.15) is 16.9 Å². The molecule has 3 aromatic rings. The van der Waals surface area contributed by atoms with Gasteiger partial charge in [0.05, 0.1) is 23.1 Å². The fourth-order valence-electron chi connectivity index (χ4n) is 5.72. The number of amides is 2. The van der Waals surface area contributed by atoms with Crippen LogP contribution in [-0.2, 0) is 4.74 Å². The van der Waals surface area contributed by atoms with Crippen molar-refractivity contribution in [2.75, 3.05) is 38.5 Å². The molecular weight excluding hydrogens is 565 g/mol. The molecule has 2 aromatic heterocycles. The van der Waals surface area contributed by atoms with E-state index in [9.17, 15) is 22.8 Å². The van der Waals surface area contributed by atoms with E-state index in [-0.39, 0.29) is 17.2 Å². The Morgan fingerprint density at radius 3 is 2.35 bits per heavy atom. The van der Waals surface area contributed by atoms with Gasteiger partial charge in [0.15, 0.2) is 5.65 Å². The molecule has 2 N–H and O–H groups in total. The summed E-state index contributed by atoms with van der Waals surface area (Å²) in [5.41, 5.74) is 2.75. The molecule has 232 valence electrons. The van der Waals surface area contributed by atoms with Crippen LogP contribution in [0.4, 0.5) is 23.7 Å². The number of aromatic amines is 1. The molecule has 2 amide bonds. The van der Waals surface area contributed by atoms with Crippen molar-refractivity contribution in [3.05, 3.63) is 47.4 Å². The number of hydrogen-bond acceptors (Lipinski definition) is 7. The number of anilines is 1. The highest BCUT2D eigenvalue weighted by molar-refractivity contribution is 6.03. The fraction of sp³-hybridized carbons (Fsp3) is 0.533. The maximum absolute atomic E-state index is 13.6. The number of ether oxygens (including phenoxy) is 2. The Labute approximate surface area is 247 Å². The average molecular weight is 603 g/mol. The molecule has 5 rings (SSSR count). The number of nitrogens with one attached hydrogen (secondary N) is 2. The normalized spacial score (nSPS) is 17.7. The zero-order valence-corrected chi connectivity index (χ0v) is 24.8. The summed E-state index contributed by atoms with van der Waals surface area (Å²) >= 11 is 0. The molecule has 2 aliphatic heterocycles. The number of alkyl halides is 3. The van der Waals surface area contributed by atoms with Crippen LogP contribution in [0.5, 0.6) is 5.75 Å². The van der Waals surface area contributed by atoms with E-state index in [1.54, 1.807) is 25.7 Å². The van der Waals surface area contributed by atoms with Gasteiger partial charge < -0.3 is 24.3 Å². The molecule has 2 saturated heterocycles. The average Bonchev–Trinajstić information content (AvgIpc) is 3.35. The van der Waals surface area contributed by atoms with Gasteiger partial charge in [-0.15, -0.1) is 13.2 Å². The number of carbonyl (C=O) groups excluding carboxylic acids is 2. The summed E-state index contributed by atoms with van der Waals surface area (Å²) in [6.45, 7) is 7.87. The molecule has 0 bridgehead atoms. The molecule has 1 aromatic carbocycles. The Kier molecular flexibility index (Phi) is 8.55. The minimum absolute atomic E-state index is 0.0413. The van der Waals surface area contributed by atoms with Gasteiger partial charge >= 0.3 is 12.5 Å². The quantitative estimate of drug-likeness (QED) is 0.367. The van der Waals surface area contributed by atoms with E-state index in [0.717, 1.165) is 60.5 Å². The molecule has 2 fully saturated rings. The second-order valence-corrected chi connectivity index (χ2v) is 12.3.